The first-order valence-electron chi connectivity index (χ1n) is 3.69. The molecule has 1 aromatic heterocycles. The molecule has 0 saturated heterocycles. The fraction of sp³-hybridized carbons (Fsp3) is 0.111. The summed E-state index contributed by atoms with van der Waals surface area (Å²) in [7, 11) is 0. The van der Waals surface area contributed by atoms with E-state index >= 15 is 0 Å². The second kappa shape index (κ2) is 3.69. The van der Waals surface area contributed by atoms with Gasteiger partial charge in [-0.3, -0.25) is 0 Å². The lowest BCUT2D eigenvalue weighted by atomic mass is 10.2. The van der Waals surface area contributed by atoms with Crippen LogP contribution in [0.25, 0.3) is 10.1 Å². The Bertz CT molecular complexity index is 450. The van der Waals surface area contributed by atoms with Crippen molar-refractivity contribution in [2.75, 3.05) is 0 Å². The summed E-state index contributed by atoms with van der Waals surface area (Å²) >= 11 is 8.50. The van der Waals surface area contributed by atoms with Gasteiger partial charge in [0.15, 0.2) is 0 Å². The normalized spacial score (nSPS) is 11.0. The van der Waals surface area contributed by atoms with Crippen molar-refractivity contribution < 1.29 is 5.11 Å². The van der Waals surface area contributed by atoms with Crippen molar-refractivity contribution in [3.05, 3.63) is 32.0 Å². The molecule has 0 fully saturated rings. The average Bonchev–Trinajstić information content (AvgIpc) is 2.42. The third-order valence-electron chi connectivity index (χ3n) is 1.80. The second-order valence-electron chi connectivity index (χ2n) is 2.64. The predicted molar refractivity (Wildman–Crippen MR) is 63.1 cm³/mol. The summed E-state index contributed by atoms with van der Waals surface area (Å²) < 4.78 is 3.27. The third kappa shape index (κ3) is 1.68. The number of hydrogen-bond acceptors (Lipinski definition) is 2. The Labute approximate surface area is 96.6 Å². The van der Waals surface area contributed by atoms with Gasteiger partial charge in [0.25, 0.3) is 0 Å². The fourth-order valence-electron chi connectivity index (χ4n) is 1.19. The maximum absolute atomic E-state index is 9.06. The van der Waals surface area contributed by atoms with E-state index in [4.69, 9.17) is 5.11 Å². The number of aliphatic hydroxyl groups excluding tert-OH is 1. The summed E-state index contributed by atoms with van der Waals surface area (Å²) in [6, 6.07) is 6.10. The minimum Gasteiger partial charge on any atom is -0.391 e. The lowest BCUT2D eigenvalue weighted by molar-refractivity contribution is 0.285. The van der Waals surface area contributed by atoms with Crippen LogP contribution in [0, 0.1) is 0 Å². The van der Waals surface area contributed by atoms with Gasteiger partial charge in [0.2, 0.25) is 0 Å². The first kappa shape index (κ1) is 9.65. The SMILES string of the molecule is OCc1sc2cc(Br)ccc2c1Br. The van der Waals surface area contributed by atoms with Gasteiger partial charge in [-0.05, 0) is 28.1 Å². The van der Waals surface area contributed by atoms with Crippen LogP contribution in [0.15, 0.2) is 27.1 Å². The number of hydrogen-bond donors (Lipinski definition) is 1. The van der Waals surface area contributed by atoms with Crippen LogP contribution in [0.2, 0.25) is 0 Å². The highest BCUT2D eigenvalue weighted by molar-refractivity contribution is 9.11. The average molecular weight is 322 g/mol. The molecule has 0 saturated carbocycles. The van der Waals surface area contributed by atoms with Gasteiger partial charge in [-0.25, -0.2) is 0 Å². The van der Waals surface area contributed by atoms with Crippen LogP contribution in [0.4, 0.5) is 0 Å². The molecule has 0 amide bonds. The van der Waals surface area contributed by atoms with Gasteiger partial charge in [0.1, 0.15) is 0 Å². The molecule has 0 spiro atoms. The van der Waals surface area contributed by atoms with E-state index in [2.05, 4.69) is 37.9 Å². The molecule has 0 aliphatic heterocycles. The van der Waals surface area contributed by atoms with Crippen LogP contribution in [0.5, 0.6) is 0 Å². The minimum absolute atomic E-state index is 0.0948. The van der Waals surface area contributed by atoms with Crippen molar-refractivity contribution in [1.82, 2.24) is 0 Å². The summed E-state index contributed by atoms with van der Waals surface area (Å²) in [5.74, 6) is 0. The van der Waals surface area contributed by atoms with Crippen LogP contribution in [-0.2, 0) is 6.61 Å². The molecule has 4 heteroatoms. The zero-order valence-corrected chi connectivity index (χ0v) is 10.5. The Morgan fingerprint density at radius 2 is 2.08 bits per heavy atom. The molecular formula is C9H6Br2OS. The molecular weight excluding hydrogens is 316 g/mol. The smallest absolute Gasteiger partial charge is 0.0786 e. The molecule has 0 aliphatic carbocycles. The van der Waals surface area contributed by atoms with E-state index in [-0.39, 0.29) is 6.61 Å². The first-order chi connectivity index (χ1) is 6.22. The molecule has 0 aliphatic rings. The Morgan fingerprint density at radius 1 is 1.31 bits per heavy atom. The van der Waals surface area contributed by atoms with E-state index < -0.39 is 0 Å². The van der Waals surface area contributed by atoms with Gasteiger partial charge in [0.05, 0.1) is 6.61 Å². The van der Waals surface area contributed by atoms with Crippen LogP contribution < -0.4 is 0 Å². The van der Waals surface area contributed by atoms with E-state index in [0.717, 1.165) is 19.2 Å². The fourth-order valence-corrected chi connectivity index (χ4v) is 3.54. The maximum atomic E-state index is 9.06. The van der Waals surface area contributed by atoms with Crippen LogP contribution in [0.3, 0.4) is 0 Å². The number of rotatable bonds is 1. The molecule has 1 N–H and O–H groups in total. The molecule has 0 unspecified atom stereocenters. The Morgan fingerprint density at radius 3 is 2.77 bits per heavy atom. The molecule has 2 rings (SSSR count). The molecule has 1 aromatic carbocycles. The van der Waals surface area contributed by atoms with Crippen LogP contribution in [-0.4, -0.2) is 5.11 Å². The standard InChI is InChI=1S/C9H6Br2OS/c10-5-1-2-6-7(3-5)13-8(4-12)9(6)11/h1-3,12H,4H2. The van der Waals surface area contributed by atoms with Gasteiger partial charge in [-0.15, -0.1) is 11.3 Å². The highest BCUT2D eigenvalue weighted by Crippen LogP contribution is 2.36. The van der Waals surface area contributed by atoms with Gasteiger partial charge in [0, 0.05) is 23.9 Å². The number of halogens is 2. The summed E-state index contributed by atoms with van der Waals surface area (Å²) in [5.41, 5.74) is 0. The highest BCUT2D eigenvalue weighted by Gasteiger charge is 2.08. The number of fused-ring (bicyclic) bond motifs is 1. The lowest BCUT2D eigenvalue weighted by Gasteiger charge is -1.91. The van der Waals surface area contributed by atoms with Gasteiger partial charge in [-0.1, -0.05) is 22.0 Å². The highest BCUT2D eigenvalue weighted by atomic mass is 79.9. The molecule has 2 aromatic rings. The molecule has 68 valence electrons. The Kier molecular flexibility index (Phi) is 2.74. The molecule has 1 nitrogen and oxygen atoms in total. The molecule has 13 heavy (non-hydrogen) atoms. The maximum Gasteiger partial charge on any atom is 0.0786 e. The van der Waals surface area contributed by atoms with Gasteiger partial charge < -0.3 is 5.11 Å². The second-order valence-corrected chi connectivity index (χ2v) is 5.48. The minimum atomic E-state index is 0.0948. The van der Waals surface area contributed by atoms with Crippen LogP contribution in [0.1, 0.15) is 4.88 Å². The van der Waals surface area contributed by atoms with Crippen LogP contribution >= 0.6 is 43.2 Å². The van der Waals surface area contributed by atoms with E-state index in [1.54, 1.807) is 11.3 Å². The topological polar surface area (TPSA) is 20.2 Å². The van der Waals surface area contributed by atoms with Gasteiger partial charge >= 0.3 is 0 Å². The monoisotopic (exact) mass is 320 g/mol. The first-order valence-corrected chi connectivity index (χ1v) is 6.10. The summed E-state index contributed by atoms with van der Waals surface area (Å²) in [6.07, 6.45) is 0. The van der Waals surface area contributed by atoms with Crippen molar-refractivity contribution >= 4 is 53.3 Å². The van der Waals surface area contributed by atoms with Crippen molar-refractivity contribution in [2.24, 2.45) is 0 Å². The van der Waals surface area contributed by atoms with E-state index in [1.807, 2.05) is 12.1 Å². The lowest BCUT2D eigenvalue weighted by Crippen LogP contribution is -1.74. The van der Waals surface area contributed by atoms with Crippen molar-refractivity contribution in [1.29, 1.82) is 0 Å². The number of aliphatic hydroxyl groups is 1. The zero-order valence-electron chi connectivity index (χ0n) is 6.55. The predicted octanol–water partition coefficient (Wildman–Crippen LogP) is 3.92. The number of benzene rings is 1. The van der Waals surface area contributed by atoms with Gasteiger partial charge in [-0.2, -0.15) is 0 Å². The molecule has 0 atom stereocenters. The Balaban J connectivity index is 2.76. The quantitative estimate of drug-likeness (QED) is 0.844. The van der Waals surface area contributed by atoms with Crippen molar-refractivity contribution in [3.63, 3.8) is 0 Å². The zero-order chi connectivity index (χ0) is 9.42. The Hall–Kier alpha value is 0.1000. The van der Waals surface area contributed by atoms with E-state index in [9.17, 15) is 0 Å². The number of thiophene rings is 1. The van der Waals surface area contributed by atoms with E-state index in [1.165, 1.54) is 4.70 Å². The summed E-state index contributed by atoms with van der Waals surface area (Å²) in [5, 5.41) is 10.2. The molecule has 0 radical (unpaired) electrons. The molecule has 0 bridgehead atoms. The molecule has 1 heterocycles. The largest absolute Gasteiger partial charge is 0.391 e. The van der Waals surface area contributed by atoms with E-state index in [0.29, 0.717) is 0 Å². The van der Waals surface area contributed by atoms with Crippen molar-refractivity contribution in [2.45, 2.75) is 6.61 Å². The van der Waals surface area contributed by atoms with Crippen molar-refractivity contribution in [3.8, 4) is 0 Å². The third-order valence-corrected chi connectivity index (χ3v) is 4.60. The summed E-state index contributed by atoms with van der Waals surface area (Å²) in [4.78, 5) is 0.980. The summed E-state index contributed by atoms with van der Waals surface area (Å²) in [6.45, 7) is 0.0948.